The zero-order valence-electron chi connectivity index (χ0n) is 19.3. The molecule has 2 heterocycles. The molecule has 2 aromatic rings. The minimum atomic E-state index is -4.72. The molecular weight excluding hydrogens is 452 g/mol. The van der Waals surface area contributed by atoms with E-state index in [1.807, 2.05) is 13.8 Å². The van der Waals surface area contributed by atoms with Crippen molar-refractivity contribution in [3.63, 3.8) is 0 Å². The SMILES string of the molecule is CC(C)C(=O)N1c2cccc(O)c2NC2=C(OCC(C)(C)C2)C1c1ccc(C(F)(F)F)cc1F. The van der Waals surface area contributed by atoms with Crippen molar-refractivity contribution < 1.29 is 32.2 Å². The summed E-state index contributed by atoms with van der Waals surface area (Å²) in [6.45, 7) is 7.55. The Hall–Kier alpha value is -3.23. The minimum Gasteiger partial charge on any atom is -0.506 e. The molecule has 0 saturated carbocycles. The Bertz CT molecular complexity index is 1170. The number of anilines is 2. The topological polar surface area (TPSA) is 61.8 Å². The van der Waals surface area contributed by atoms with E-state index in [1.54, 1.807) is 26.0 Å². The summed E-state index contributed by atoms with van der Waals surface area (Å²) in [4.78, 5) is 14.8. The van der Waals surface area contributed by atoms with E-state index >= 15 is 4.39 Å². The number of fused-ring (bicyclic) bond motifs is 1. The van der Waals surface area contributed by atoms with E-state index in [9.17, 15) is 23.1 Å². The van der Waals surface area contributed by atoms with Crippen LogP contribution < -0.4 is 10.2 Å². The predicted octanol–water partition coefficient (Wildman–Crippen LogP) is 6.36. The van der Waals surface area contributed by atoms with E-state index in [0.717, 1.165) is 12.1 Å². The van der Waals surface area contributed by atoms with E-state index in [0.29, 0.717) is 18.2 Å². The highest BCUT2D eigenvalue weighted by Crippen LogP contribution is 2.50. The second-order valence-electron chi connectivity index (χ2n) is 9.77. The van der Waals surface area contributed by atoms with Gasteiger partial charge in [0.25, 0.3) is 0 Å². The van der Waals surface area contributed by atoms with Gasteiger partial charge < -0.3 is 15.2 Å². The van der Waals surface area contributed by atoms with Crippen LogP contribution in [0.3, 0.4) is 0 Å². The van der Waals surface area contributed by atoms with Gasteiger partial charge in [0.2, 0.25) is 5.91 Å². The molecule has 0 radical (unpaired) electrons. The number of carbonyl (C=O) groups is 1. The van der Waals surface area contributed by atoms with Crippen molar-refractivity contribution in [1.29, 1.82) is 0 Å². The summed E-state index contributed by atoms with van der Waals surface area (Å²) in [6.07, 6.45) is -4.26. The van der Waals surface area contributed by atoms with Gasteiger partial charge in [0.05, 0.1) is 23.6 Å². The Morgan fingerprint density at radius 3 is 2.56 bits per heavy atom. The van der Waals surface area contributed by atoms with Gasteiger partial charge in [0.15, 0.2) is 0 Å². The molecule has 182 valence electrons. The van der Waals surface area contributed by atoms with Crippen LogP contribution in [0.5, 0.6) is 5.75 Å². The van der Waals surface area contributed by atoms with Gasteiger partial charge in [0, 0.05) is 16.9 Å². The summed E-state index contributed by atoms with van der Waals surface area (Å²) >= 11 is 0. The monoisotopic (exact) mass is 478 g/mol. The number of allylic oxidation sites excluding steroid dienone is 1. The number of hydrogen-bond acceptors (Lipinski definition) is 4. The Morgan fingerprint density at radius 2 is 1.94 bits per heavy atom. The van der Waals surface area contributed by atoms with E-state index in [2.05, 4.69) is 5.32 Å². The van der Waals surface area contributed by atoms with Crippen LogP contribution in [-0.2, 0) is 15.7 Å². The van der Waals surface area contributed by atoms with Crippen molar-refractivity contribution in [3.8, 4) is 5.75 Å². The molecule has 2 aliphatic heterocycles. The van der Waals surface area contributed by atoms with Crippen LogP contribution in [0.2, 0.25) is 0 Å². The average Bonchev–Trinajstić information content (AvgIpc) is 2.86. The fraction of sp³-hybridized carbons (Fsp3) is 0.400. The number of benzene rings is 2. The normalized spacial score (nSPS) is 19.7. The first-order valence-electron chi connectivity index (χ1n) is 10.9. The maximum Gasteiger partial charge on any atom is 0.416 e. The average molecular weight is 478 g/mol. The molecule has 0 fully saturated rings. The lowest BCUT2D eigenvalue weighted by Gasteiger charge is -2.38. The maximum atomic E-state index is 15.3. The molecule has 4 rings (SSSR count). The first-order valence-corrected chi connectivity index (χ1v) is 10.9. The lowest BCUT2D eigenvalue weighted by Crippen LogP contribution is -2.40. The van der Waals surface area contributed by atoms with E-state index in [4.69, 9.17) is 4.74 Å². The molecule has 2 aromatic carbocycles. The smallest absolute Gasteiger partial charge is 0.416 e. The number of aromatic hydroxyl groups is 1. The Kier molecular flexibility index (Phi) is 5.78. The van der Waals surface area contributed by atoms with Crippen molar-refractivity contribution >= 4 is 17.3 Å². The van der Waals surface area contributed by atoms with E-state index < -0.39 is 35.4 Å². The number of nitrogens with zero attached hydrogens (tertiary/aromatic N) is 1. The van der Waals surface area contributed by atoms with Gasteiger partial charge in [-0.1, -0.05) is 39.8 Å². The molecule has 34 heavy (non-hydrogen) atoms. The van der Waals surface area contributed by atoms with Crippen LogP contribution in [0.15, 0.2) is 47.9 Å². The number of nitrogens with one attached hydrogen (secondary N) is 1. The standard InChI is InChI=1S/C25H26F4N2O3/c1-13(2)23(33)31-18-6-5-7-19(32)20(18)30-17-11-24(3,4)12-34-22(17)21(31)15-9-8-14(10-16(15)26)25(27,28)29/h5-10,13,21,30,32H,11-12H2,1-4H3. The Labute approximate surface area is 195 Å². The quantitative estimate of drug-likeness (QED) is 0.389. The molecule has 1 amide bonds. The molecule has 1 atom stereocenters. The molecule has 5 nitrogen and oxygen atoms in total. The molecule has 0 bridgehead atoms. The van der Waals surface area contributed by atoms with Crippen molar-refractivity contribution in [2.75, 3.05) is 16.8 Å². The number of phenolic OH excluding ortho intramolecular Hbond substituents is 1. The van der Waals surface area contributed by atoms with E-state index in [-0.39, 0.29) is 40.5 Å². The molecule has 0 spiro atoms. The first kappa shape index (κ1) is 23.9. The van der Waals surface area contributed by atoms with E-state index in [1.165, 1.54) is 11.0 Å². The van der Waals surface area contributed by atoms with Crippen molar-refractivity contribution in [3.05, 3.63) is 64.8 Å². The van der Waals surface area contributed by atoms with Crippen LogP contribution >= 0.6 is 0 Å². The molecule has 0 aromatic heterocycles. The van der Waals surface area contributed by atoms with Gasteiger partial charge in [-0.15, -0.1) is 0 Å². The number of phenols is 1. The van der Waals surface area contributed by atoms with Crippen molar-refractivity contribution in [1.82, 2.24) is 0 Å². The fourth-order valence-corrected chi connectivity index (χ4v) is 4.32. The number of hydrogen-bond donors (Lipinski definition) is 2. The first-order chi connectivity index (χ1) is 15.8. The lowest BCUT2D eigenvalue weighted by atomic mass is 9.85. The molecular formula is C25H26F4N2O3. The predicted molar refractivity (Wildman–Crippen MR) is 120 cm³/mol. The molecule has 0 saturated heterocycles. The lowest BCUT2D eigenvalue weighted by molar-refractivity contribution is -0.137. The highest BCUT2D eigenvalue weighted by Gasteiger charge is 2.43. The minimum absolute atomic E-state index is 0.122. The van der Waals surface area contributed by atoms with Crippen LogP contribution in [0.4, 0.5) is 28.9 Å². The second-order valence-corrected chi connectivity index (χ2v) is 9.77. The van der Waals surface area contributed by atoms with Gasteiger partial charge in [-0.2, -0.15) is 13.2 Å². The third-order valence-electron chi connectivity index (χ3n) is 5.99. The van der Waals surface area contributed by atoms with Crippen LogP contribution in [0.1, 0.15) is 51.3 Å². The van der Waals surface area contributed by atoms with Gasteiger partial charge >= 0.3 is 6.18 Å². The number of rotatable bonds is 2. The third-order valence-corrected chi connectivity index (χ3v) is 5.99. The molecule has 9 heteroatoms. The highest BCUT2D eigenvalue weighted by molar-refractivity contribution is 6.00. The molecule has 2 N–H and O–H groups in total. The summed E-state index contributed by atoms with van der Waals surface area (Å²) < 4.78 is 61.0. The summed E-state index contributed by atoms with van der Waals surface area (Å²) in [5, 5.41) is 13.8. The highest BCUT2D eigenvalue weighted by atomic mass is 19.4. The van der Waals surface area contributed by atoms with Gasteiger partial charge in [-0.05, 0) is 30.7 Å². The zero-order chi connectivity index (χ0) is 25.0. The largest absolute Gasteiger partial charge is 0.506 e. The summed E-state index contributed by atoms with van der Waals surface area (Å²) in [7, 11) is 0. The molecule has 0 aliphatic carbocycles. The van der Waals surface area contributed by atoms with Crippen LogP contribution in [0, 0.1) is 17.2 Å². The van der Waals surface area contributed by atoms with Crippen molar-refractivity contribution in [2.24, 2.45) is 11.3 Å². The zero-order valence-corrected chi connectivity index (χ0v) is 19.3. The Morgan fingerprint density at radius 1 is 1.24 bits per heavy atom. The van der Waals surface area contributed by atoms with Crippen LogP contribution in [0.25, 0.3) is 0 Å². The van der Waals surface area contributed by atoms with Crippen molar-refractivity contribution in [2.45, 2.75) is 46.3 Å². The summed E-state index contributed by atoms with van der Waals surface area (Å²) in [5.41, 5.74) is -0.509. The third kappa shape index (κ3) is 4.19. The summed E-state index contributed by atoms with van der Waals surface area (Å²) in [5.74, 6) is -1.92. The Balaban J connectivity index is 2.01. The second kappa shape index (κ2) is 8.21. The number of amides is 1. The van der Waals surface area contributed by atoms with Gasteiger partial charge in [-0.3, -0.25) is 9.69 Å². The maximum absolute atomic E-state index is 15.3. The number of alkyl halides is 3. The number of halogens is 4. The number of carbonyl (C=O) groups excluding carboxylic acids is 1. The summed E-state index contributed by atoms with van der Waals surface area (Å²) in [6, 6.07) is 5.71. The van der Waals surface area contributed by atoms with Gasteiger partial charge in [-0.25, -0.2) is 4.39 Å². The van der Waals surface area contributed by atoms with Crippen LogP contribution in [-0.4, -0.2) is 17.6 Å². The number of para-hydroxylation sites is 1. The molecule has 2 aliphatic rings. The molecule has 1 unspecified atom stereocenters. The fourth-order valence-electron chi connectivity index (χ4n) is 4.32. The number of ether oxygens (including phenoxy) is 1. The van der Waals surface area contributed by atoms with Gasteiger partial charge in [0.1, 0.15) is 29.1 Å².